The van der Waals surface area contributed by atoms with Crippen molar-refractivity contribution in [1.29, 1.82) is 0 Å². The third-order valence-corrected chi connectivity index (χ3v) is 2.85. The molecule has 0 amide bonds. The van der Waals surface area contributed by atoms with Gasteiger partial charge in [0.15, 0.2) is 6.29 Å². The van der Waals surface area contributed by atoms with Gasteiger partial charge in [-0.1, -0.05) is 6.92 Å². The van der Waals surface area contributed by atoms with Crippen molar-refractivity contribution in [3.05, 3.63) is 30.1 Å². The number of pyridine rings is 1. The van der Waals surface area contributed by atoms with Crippen molar-refractivity contribution in [3.8, 4) is 0 Å². The fourth-order valence-electron chi connectivity index (χ4n) is 1.98. The molecule has 1 N–H and O–H groups in total. The largest absolute Gasteiger partial charge is 0.351 e. The normalized spacial score (nSPS) is 12.8. The Morgan fingerprint density at radius 2 is 1.74 bits per heavy atom. The van der Waals surface area contributed by atoms with Gasteiger partial charge in [0.1, 0.15) is 0 Å². The molecule has 108 valence electrons. The summed E-state index contributed by atoms with van der Waals surface area (Å²) in [6.07, 6.45) is 5.42. The van der Waals surface area contributed by atoms with Crippen LogP contribution in [0, 0.1) is 0 Å². The molecule has 1 rings (SSSR count). The molecule has 4 nitrogen and oxygen atoms in total. The third kappa shape index (κ3) is 6.14. The lowest BCUT2D eigenvalue weighted by atomic mass is 10.1. The molecule has 1 aromatic rings. The van der Waals surface area contributed by atoms with Crippen LogP contribution >= 0.6 is 0 Å². The van der Waals surface area contributed by atoms with Gasteiger partial charge in [-0.2, -0.15) is 0 Å². The van der Waals surface area contributed by atoms with Gasteiger partial charge in [0, 0.05) is 25.6 Å². The van der Waals surface area contributed by atoms with Gasteiger partial charge in [-0.05, 0) is 50.9 Å². The molecule has 0 radical (unpaired) electrons. The maximum Gasteiger partial charge on any atom is 0.172 e. The first-order chi connectivity index (χ1) is 9.31. The molecule has 0 aromatic carbocycles. The molecule has 0 fully saturated rings. The van der Waals surface area contributed by atoms with E-state index in [1.807, 2.05) is 38.4 Å². The average molecular weight is 266 g/mol. The molecule has 0 aliphatic carbocycles. The molecule has 0 bridgehead atoms. The summed E-state index contributed by atoms with van der Waals surface area (Å²) in [4.78, 5) is 4.05. The Bertz CT molecular complexity index is 313. The van der Waals surface area contributed by atoms with Crippen molar-refractivity contribution >= 4 is 0 Å². The number of hydrogen-bond acceptors (Lipinski definition) is 4. The first-order valence-electron chi connectivity index (χ1n) is 7.17. The minimum absolute atomic E-state index is 0.169. The van der Waals surface area contributed by atoms with Crippen molar-refractivity contribution in [3.63, 3.8) is 0 Å². The fourth-order valence-corrected chi connectivity index (χ4v) is 1.98. The van der Waals surface area contributed by atoms with Crippen molar-refractivity contribution in [2.24, 2.45) is 0 Å². The highest BCUT2D eigenvalue weighted by Gasteiger charge is 2.21. The second-order valence-corrected chi connectivity index (χ2v) is 4.40. The lowest BCUT2D eigenvalue weighted by Gasteiger charge is -2.27. The number of nitrogens with one attached hydrogen (secondary N) is 1. The minimum atomic E-state index is -0.199. The van der Waals surface area contributed by atoms with E-state index < -0.39 is 0 Å². The maximum atomic E-state index is 5.71. The Morgan fingerprint density at radius 1 is 1.11 bits per heavy atom. The minimum Gasteiger partial charge on any atom is -0.351 e. The van der Waals surface area contributed by atoms with E-state index in [4.69, 9.17) is 9.47 Å². The van der Waals surface area contributed by atoms with Crippen LogP contribution in [0.4, 0.5) is 0 Å². The average Bonchev–Trinajstić information content (AvgIpc) is 2.44. The van der Waals surface area contributed by atoms with Crippen molar-refractivity contribution in [1.82, 2.24) is 10.3 Å². The van der Waals surface area contributed by atoms with Crippen LogP contribution in [0.1, 0.15) is 32.8 Å². The summed E-state index contributed by atoms with van der Waals surface area (Å²) >= 11 is 0. The van der Waals surface area contributed by atoms with Gasteiger partial charge in [0.25, 0.3) is 0 Å². The molecule has 4 heteroatoms. The standard InChI is InChI=1S/C15H26N2O2/c1-4-9-17-14(15(18-5-2)19-6-3)12-13-7-10-16-11-8-13/h7-8,10-11,14-15,17H,4-6,9,12H2,1-3H3. The van der Waals surface area contributed by atoms with Gasteiger partial charge in [-0.15, -0.1) is 0 Å². The Hall–Kier alpha value is -0.970. The molecule has 0 spiro atoms. The number of ether oxygens (including phenoxy) is 2. The van der Waals surface area contributed by atoms with E-state index >= 15 is 0 Å². The van der Waals surface area contributed by atoms with E-state index in [1.54, 1.807) is 0 Å². The van der Waals surface area contributed by atoms with Gasteiger partial charge in [-0.25, -0.2) is 0 Å². The topological polar surface area (TPSA) is 43.4 Å². The number of rotatable bonds is 10. The Morgan fingerprint density at radius 3 is 2.26 bits per heavy atom. The molecule has 1 heterocycles. The molecule has 19 heavy (non-hydrogen) atoms. The Kier molecular flexibility index (Phi) is 8.38. The summed E-state index contributed by atoms with van der Waals surface area (Å²) in [5.74, 6) is 0. The van der Waals surface area contributed by atoms with Crippen molar-refractivity contribution in [2.75, 3.05) is 19.8 Å². The zero-order valence-electron chi connectivity index (χ0n) is 12.3. The Labute approximate surface area is 116 Å². The smallest absolute Gasteiger partial charge is 0.172 e. The SMILES string of the molecule is CCCNC(Cc1ccncc1)C(OCC)OCC. The molecule has 0 saturated heterocycles. The quantitative estimate of drug-likeness (QED) is 0.660. The van der Waals surface area contributed by atoms with Gasteiger partial charge < -0.3 is 14.8 Å². The van der Waals surface area contributed by atoms with E-state index in [2.05, 4.69) is 17.2 Å². The van der Waals surface area contributed by atoms with Crippen LogP contribution in [0.25, 0.3) is 0 Å². The first kappa shape index (κ1) is 16.1. The predicted molar refractivity (Wildman–Crippen MR) is 77.1 cm³/mol. The van der Waals surface area contributed by atoms with Gasteiger partial charge >= 0.3 is 0 Å². The van der Waals surface area contributed by atoms with Gasteiger partial charge in [0.2, 0.25) is 0 Å². The summed E-state index contributed by atoms with van der Waals surface area (Å²) in [6.45, 7) is 8.43. The molecule has 1 atom stereocenters. The fraction of sp³-hybridized carbons (Fsp3) is 0.667. The monoisotopic (exact) mass is 266 g/mol. The van der Waals surface area contributed by atoms with Gasteiger partial charge in [0.05, 0.1) is 6.04 Å². The summed E-state index contributed by atoms with van der Waals surface area (Å²) in [6, 6.07) is 4.24. The van der Waals surface area contributed by atoms with E-state index in [-0.39, 0.29) is 12.3 Å². The third-order valence-electron chi connectivity index (χ3n) is 2.85. The van der Waals surface area contributed by atoms with Crippen LogP contribution in [0.5, 0.6) is 0 Å². The van der Waals surface area contributed by atoms with E-state index in [9.17, 15) is 0 Å². The Balaban J connectivity index is 2.67. The van der Waals surface area contributed by atoms with Crippen LogP contribution < -0.4 is 5.32 Å². The van der Waals surface area contributed by atoms with Crippen molar-refractivity contribution in [2.45, 2.75) is 45.9 Å². The summed E-state index contributed by atoms with van der Waals surface area (Å²) < 4.78 is 11.4. The summed E-state index contributed by atoms with van der Waals surface area (Å²) in [5.41, 5.74) is 1.24. The number of hydrogen-bond donors (Lipinski definition) is 1. The summed E-state index contributed by atoms with van der Waals surface area (Å²) in [7, 11) is 0. The second kappa shape index (κ2) is 9.89. The first-order valence-corrected chi connectivity index (χ1v) is 7.17. The van der Waals surface area contributed by atoms with Crippen LogP contribution in [0.2, 0.25) is 0 Å². The molecule has 1 aromatic heterocycles. The lowest BCUT2D eigenvalue weighted by Crippen LogP contribution is -2.45. The van der Waals surface area contributed by atoms with E-state index in [0.717, 1.165) is 19.4 Å². The van der Waals surface area contributed by atoms with Crippen molar-refractivity contribution < 1.29 is 9.47 Å². The number of nitrogens with zero attached hydrogens (tertiary/aromatic N) is 1. The molecule has 0 aliphatic rings. The molecular weight excluding hydrogens is 240 g/mol. The van der Waals surface area contributed by atoms with E-state index in [0.29, 0.717) is 13.2 Å². The maximum absolute atomic E-state index is 5.71. The van der Waals surface area contributed by atoms with Gasteiger partial charge in [-0.3, -0.25) is 4.98 Å². The highest BCUT2D eigenvalue weighted by atomic mass is 16.7. The zero-order valence-corrected chi connectivity index (χ0v) is 12.3. The highest BCUT2D eigenvalue weighted by Crippen LogP contribution is 2.10. The number of aromatic nitrogens is 1. The van der Waals surface area contributed by atoms with Crippen LogP contribution in [0.15, 0.2) is 24.5 Å². The summed E-state index contributed by atoms with van der Waals surface area (Å²) in [5, 5.41) is 3.52. The molecular formula is C15H26N2O2. The lowest BCUT2D eigenvalue weighted by molar-refractivity contribution is -0.153. The predicted octanol–water partition coefficient (Wildman–Crippen LogP) is 2.39. The molecule has 1 unspecified atom stereocenters. The van der Waals surface area contributed by atoms with E-state index in [1.165, 1.54) is 5.56 Å². The molecule has 0 aliphatic heterocycles. The van der Waals surface area contributed by atoms with Crippen LogP contribution in [-0.2, 0) is 15.9 Å². The zero-order chi connectivity index (χ0) is 13.9. The second-order valence-electron chi connectivity index (χ2n) is 4.40. The van der Waals surface area contributed by atoms with Crippen LogP contribution in [0.3, 0.4) is 0 Å². The van der Waals surface area contributed by atoms with Crippen LogP contribution in [-0.4, -0.2) is 37.1 Å². The highest BCUT2D eigenvalue weighted by molar-refractivity contribution is 5.11. The molecule has 0 saturated carbocycles.